The molecule has 150 valence electrons. The Hall–Kier alpha value is -3.11. The lowest BCUT2D eigenvalue weighted by atomic mass is 10.2. The summed E-state index contributed by atoms with van der Waals surface area (Å²) in [5, 5.41) is 9.94. The van der Waals surface area contributed by atoms with Crippen LogP contribution in [0.4, 0.5) is 23.1 Å². The van der Waals surface area contributed by atoms with Crippen molar-refractivity contribution >= 4 is 40.6 Å². The third kappa shape index (κ3) is 4.66. The molecule has 0 radical (unpaired) electrons. The van der Waals surface area contributed by atoms with E-state index in [0.717, 1.165) is 41.8 Å². The number of amides is 1. The number of anilines is 4. The zero-order valence-electron chi connectivity index (χ0n) is 16.2. The number of carbonyl (C=O) groups is 1. The Bertz CT molecular complexity index is 1000. The van der Waals surface area contributed by atoms with Gasteiger partial charge in [-0.15, -0.1) is 5.10 Å². The van der Waals surface area contributed by atoms with Crippen LogP contribution in [0.15, 0.2) is 30.3 Å². The number of hydrogen-bond acceptors (Lipinski definition) is 9. The maximum absolute atomic E-state index is 12.3. The smallest absolute Gasteiger partial charge is 0.269 e. The van der Waals surface area contributed by atoms with E-state index in [-0.39, 0.29) is 5.91 Å². The molecule has 4 rings (SSSR count). The third-order valence-corrected chi connectivity index (χ3v) is 5.26. The summed E-state index contributed by atoms with van der Waals surface area (Å²) in [5.41, 5.74) is 3.03. The number of ether oxygens (including phenoxy) is 1. The highest BCUT2D eigenvalue weighted by atomic mass is 32.1. The Balaban J connectivity index is 1.44. The lowest BCUT2D eigenvalue weighted by Gasteiger charge is -2.28. The normalized spacial score (nSPS) is 13.9. The van der Waals surface area contributed by atoms with Crippen molar-refractivity contribution in [3.8, 4) is 0 Å². The van der Waals surface area contributed by atoms with Gasteiger partial charge >= 0.3 is 0 Å². The maximum Gasteiger partial charge on any atom is 0.269 e. The van der Waals surface area contributed by atoms with E-state index in [0.29, 0.717) is 35.4 Å². The van der Waals surface area contributed by atoms with E-state index in [1.165, 1.54) is 0 Å². The van der Waals surface area contributed by atoms with Crippen molar-refractivity contribution in [1.29, 1.82) is 0 Å². The van der Waals surface area contributed by atoms with Gasteiger partial charge in [-0.1, -0.05) is 4.49 Å². The molecule has 29 heavy (non-hydrogen) atoms. The first-order valence-corrected chi connectivity index (χ1v) is 10.0. The molecule has 1 aliphatic heterocycles. The summed E-state index contributed by atoms with van der Waals surface area (Å²) in [6, 6.07) is 9.36. The Labute approximate surface area is 172 Å². The Kier molecular flexibility index (Phi) is 5.63. The Morgan fingerprint density at radius 3 is 2.52 bits per heavy atom. The van der Waals surface area contributed by atoms with Crippen molar-refractivity contribution in [2.75, 3.05) is 41.8 Å². The second-order valence-corrected chi connectivity index (χ2v) is 7.39. The fraction of sp³-hybridized carbons (Fsp3) is 0.316. The standard InChI is InChI=1S/C19H21N7O2S/c1-12-11-16(26-7-9-28-10-8-26)23-19(20-12)22-15-5-3-14(4-6-15)21-18(27)17-13(2)24-25-29-17/h3-6,11H,7-10H2,1-2H3,(H,21,27)(H,20,22,23). The lowest BCUT2D eigenvalue weighted by Crippen LogP contribution is -2.36. The number of benzene rings is 1. The van der Waals surface area contributed by atoms with Crippen LogP contribution in [0.3, 0.4) is 0 Å². The van der Waals surface area contributed by atoms with Crippen LogP contribution in [-0.4, -0.2) is 51.8 Å². The first-order chi connectivity index (χ1) is 14.1. The maximum atomic E-state index is 12.3. The minimum atomic E-state index is -0.213. The van der Waals surface area contributed by atoms with Crippen molar-refractivity contribution in [1.82, 2.24) is 19.6 Å². The first-order valence-electron chi connectivity index (χ1n) is 9.24. The monoisotopic (exact) mass is 411 g/mol. The summed E-state index contributed by atoms with van der Waals surface area (Å²) in [6.07, 6.45) is 0. The zero-order valence-corrected chi connectivity index (χ0v) is 17.0. The number of nitrogens with one attached hydrogen (secondary N) is 2. The molecule has 3 heterocycles. The van der Waals surface area contributed by atoms with Crippen LogP contribution in [-0.2, 0) is 4.74 Å². The molecule has 3 aromatic rings. The number of hydrogen-bond donors (Lipinski definition) is 2. The van der Waals surface area contributed by atoms with E-state index in [9.17, 15) is 4.79 Å². The summed E-state index contributed by atoms with van der Waals surface area (Å²) >= 11 is 1.08. The second kappa shape index (κ2) is 8.50. The quantitative estimate of drug-likeness (QED) is 0.660. The molecule has 2 aromatic heterocycles. The van der Waals surface area contributed by atoms with Crippen molar-refractivity contribution in [3.05, 3.63) is 46.6 Å². The molecular formula is C19H21N7O2S. The van der Waals surface area contributed by atoms with Gasteiger partial charge in [-0.2, -0.15) is 4.98 Å². The van der Waals surface area contributed by atoms with Crippen LogP contribution in [0.5, 0.6) is 0 Å². The number of aromatic nitrogens is 4. The SMILES string of the molecule is Cc1cc(N2CCOCC2)nc(Nc2ccc(NC(=O)c3snnc3C)cc2)n1. The fourth-order valence-corrected chi connectivity index (χ4v) is 3.51. The third-order valence-electron chi connectivity index (χ3n) is 4.43. The van der Waals surface area contributed by atoms with E-state index < -0.39 is 0 Å². The molecule has 0 atom stereocenters. The minimum Gasteiger partial charge on any atom is -0.378 e. The molecular weight excluding hydrogens is 390 g/mol. The van der Waals surface area contributed by atoms with Gasteiger partial charge in [0.05, 0.1) is 18.9 Å². The molecule has 2 N–H and O–H groups in total. The van der Waals surface area contributed by atoms with Crippen molar-refractivity contribution in [2.24, 2.45) is 0 Å². The van der Waals surface area contributed by atoms with Gasteiger partial charge < -0.3 is 20.3 Å². The summed E-state index contributed by atoms with van der Waals surface area (Å²) in [4.78, 5) is 24.1. The summed E-state index contributed by atoms with van der Waals surface area (Å²) < 4.78 is 9.20. The molecule has 1 amide bonds. The predicted molar refractivity (Wildman–Crippen MR) is 112 cm³/mol. The highest BCUT2D eigenvalue weighted by Crippen LogP contribution is 2.21. The summed E-state index contributed by atoms with van der Waals surface area (Å²) in [6.45, 7) is 6.76. The molecule has 0 unspecified atom stereocenters. The molecule has 0 aliphatic carbocycles. The molecule has 1 saturated heterocycles. The summed E-state index contributed by atoms with van der Waals surface area (Å²) in [7, 11) is 0. The number of aryl methyl sites for hydroxylation is 2. The molecule has 10 heteroatoms. The van der Waals surface area contributed by atoms with Crippen LogP contribution < -0.4 is 15.5 Å². The van der Waals surface area contributed by atoms with E-state index in [4.69, 9.17) is 4.74 Å². The Morgan fingerprint density at radius 2 is 1.83 bits per heavy atom. The van der Waals surface area contributed by atoms with Gasteiger partial charge in [0.15, 0.2) is 0 Å². The first kappa shape index (κ1) is 19.2. The number of morpholine rings is 1. The van der Waals surface area contributed by atoms with E-state index in [1.807, 2.05) is 37.3 Å². The largest absolute Gasteiger partial charge is 0.378 e. The molecule has 1 fully saturated rings. The van der Waals surface area contributed by atoms with E-state index in [1.54, 1.807) is 6.92 Å². The average Bonchev–Trinajstić information content (AvgIpc) is 3.16. The Morgan fingerprint density at radius 1 is 1.10 bits per heavy atom. The van der Waals surface area contributed by atoms with Crippen LogP contribution in [0.1, 0.15) is 21.1 Å². The van der Waals surface area contributed by atoms with E-state index in [2.05, 4.69) is 35.1 Å². The number of rotatable bonds is 5. The average molecular weight is 411 g/mol. The van der Waals surface area contributed by atoms with Gasteiger partial charge in [-0.3, -0.25) is 4.79 Å². The highest BCUT2D eigenvalue weighted by Gasteiger charge is 2.15. The molecule has 1 aliphatic rings. The molecule has 9 nitrogen and oxygen atoms in total. The summed E-state index contributed by atoms with van der Waals surface area (Å²) in [5.74, 6) is 1.21. The fourth-order valence-electron chi connectivity index (χ4n) is 2.96. The number of nitrogens with zero attached hydrogens (tertiary/aromatic N) is 5. The molecule has 0 bridgehead atoms. The minimum absolute atomic E-state index is 0.213. The second-order valence-electron chi connectivity index (χ2n) is 6.63. The molecule has 1 aromatic carbocycles. The van der Waals surface area contributed by atoms with Gasteiger partial charge in [0.25, 0.3) is 5.91 Å². The van der Waals surface area contributed by atoms with Crippen molar-refractivity contribution < 1.29 is 9.53 Å². The highest BCUT2D eigenvalue weighted by molar-refractivity contribution is 7.08. The van der Waals surface area contributed by atoms with Gasteiger partial charge in [-0.05, 0) is 49.6 Å². The molecule has 0 saturated carbocycles. The van der Waals surface area contributed by atoms with Crippen LogP contribution in [0, 0.1) is 13.8 Å². The van der Waals surface area contributed by atoms with Crippen molar-refractivity contribution in [2.45, 2.75) is 13.8 Å². The lowest BCUT2D eigenvalue weighted by molar-refractivity contribution is 0.103. The van der Waals surface area contributed by atoms with E-state index >= 15 is 0 Å². The van der Waals surface area contributed by atoms with Crippen LogP contribution >= 0.6 is 11.5 Å². The predicted octanol–water partition coefficient (Wildman–Crippen LogP) is 2.78. The van der Waals surface area contributed by atoms with Crippen LogP contribution in [0.2, 0.25) is 0 Å². The zero-order chi connectivity index (χ0) is 20.2. The van der Waals surface area contributed by atoms with Gasteiger partial charge in [0.2, 0.25) is 5.95 Å². The van der Waals surface area contributed by atoms with Crippen molar-refractivity contribution in [3.63, 3.8) is 0 Å². The van der Waals surface area contributed by atoms with Gasteiger partial charge in [0, 0.05) is 36.2 Å². The van der Waals surface area contributed by atoms with Gasteiger partial charge in [-0.25, -0.2) is 4.98 Å². The molecule has 0 spiro atoms. The van der Waals surface area contributed by atoms with Gasteiger partial charge in [0.1, 0.15) is 10.7 Å². The topological polar surface area (TPSA) is 105 Å². The van der Waals surface area contributed by atoms with Crippen LogP contribution in [0.25, 0.3) is 0 Å². The number of carbonyl (C=O) groups excluding carboxylic acids is 1.